The minimum Gasteiger partial charge on any atom is -0.391 e. The van der Waals surface area contributed by atoms with Gasteiger partial charge in [0.2, 0.25) is 0 Å². The van der Waals surface area contributed by atoms with Gasteiger partial charge >= 0.3 is 0 Å². The molecule has 2 N–H and O–H groups in total. The molecule has 1 rings (SSSR count). The smallest absolute Gasteiger partial charge is 0.178 e. The van der Waals surface area contributed by atoms with Gasteiger partial charge in [0.25, 0.3) is 0 Å². The molecule has 0 aliphatic carbocycles. The topological polar surface area (TPSA) is 49.7 Å². The van der Waals surface area contributed by atoms with Crippen molar-refractivity contribution in [3.8, 4) is 0 Å². The number of aryl methyl sites for hydroxylation is 1. The van der Waals surface area contributed by atoms with Gasteiger partial charge < -0.3 is 14.9 Å². The lowest BCUT2D eigenvalue weighted by Gasteiger charge is -2.10. The van der Waals surface area contributed by atoms with Crippen LogP contribution in [0.5, 0.6) is 0 Å². The van der Waals surface area contributed by atoms with Crippen LogP contribution in [-0.4, -0.2) is 23.1 Å². The Morgan fingerprint density at radius 1 is 1.38 bits per heavy atom. The monoisotopic (exact) mass is 182 g/mol. The van der Waals surface area contributed by atoms with Gasteiger partial charge in [0.15, 0.2) is 6.29 Å². The van der Waals surface area contributed by atoms with Crippen LogP contribution in [0.15, 0.2) is 24.3 Å². The van der Waals surface area contributed by atoms with E-state index in [1.165, 1.54) is 0 Å². The maximum absolute atomic E-state index is 8.94. The molecule has 0 amide bonds. The Morgan fingerprint density at radius 2 is 2.08 bits per heavy atom. The molecule has 1 atom stereocenters. The van der Waals surface area contributed by atoms with E-state index >= 15 is 0 Å². The van der Waals surface area contributed by atoms with E-state index < -0.39 is 6.29 Å². The molecule has 1 aromatic carbocycles. The van der Waals surface area contributed by atoms with Gasteiger partial charge in [-0.25, -0.2) is 0 Å². The lowest BCUT2D eigenvalue weighted by atomic mass is 10.1. The van der Waals surface area contributed by atoms with Crippen molar-refractivity contribution in [3.63, 3.8) is 0 Å². The lowest BCUT2D eigenvalue weighted by Crippen LogP contribution is -2.16. The van der Waals surface area contributed by atoms with Crippen molar-refractivity contribution in [3.05, 3.63) is 35.4 Å². The number of hydrogen-bond acceptors (Lipinski definition) is 3. The third kappa shape index (κ3) is 3.14. The molecule has 0 heterocycles. The zero-order valence-electron chi connectivity index (χ0n) is 7.60. The van der Waals surface area contributed by atoms with Crippen molar-refractivity contribution >= 4 is 0 Å². The van der Waals surface area contributed by atoms with E-state index in [1.807, 2.05) is 31.2 Å². The maximum atomic E-state index is 8.94. The normalized spacial score (nSPS) is 12.8. The molecule has 0 saturated carbocycles. The highest BCUT2D eigenvalue weighted by Gasteiger charge is 2.02. The van der Waals surface area contributed by atoms with Crippen molar-refractivity contribution in [1.29, 1.82) is 0 Å². The second kappa shape index (κ2) is 4.97. The second-order valence-corrected chi connectivity index (χ2v) is 2.87. The standard InChI is InChI=1S/C10H14O3/c1-8-4-2-3-5-9(8)7-13-10(12)6-11/h2-5,10-12H,6-7H2,1H3. The molecule has 1 unspecified atom stereocenters. The largest absolute Gasteiger partial charge is 0.391 e. The van der Waals surface area contributed by atoms with E-state index in [4.69, 9.17) is 14.9 Å². The molecule has 0 bridgehead atoms. The van der Waals surface area contributed by atoms with Gasteiger partial charge in [0.1, 0.15) is 0 Å². The maximum Gasteiger partial charge on any atom is 0.178 e. The number of benzene rings is 1. The van der Waals surface area contributed by atoms with Gasteiger partial charge in [-0.15, -0.1) is 0 Å². The van der Waals surface area contributed by atoms with Gasteiger partial charge in [-0.05, 0) is 18.1 Å². The zero-order chi connectivity index (χ0) is 9.68. The quantitative estimate of drug-likeness (QED) is 0.678. The molecule has 1 aromatic rings. The summed E-state index contributed by atoms with van der Waals surface area (Å²) in [5.74, 6) is 0. The first-order chi connectivity index (χ1) is 6.24. The van der Waals surface area contributed by atoms with E-state index in [1.54, 1.807) is 0 Å². The Bertz CT molecular complexity index is 260. The highest BCUT2D eigenvalue weighted by atomic mass is 16.6. The average molecular weight is 182 g/mol. The van der Waals surface area contributed by atoms with Crippen LogP contribution in [0.3, 0.4) is 0 Å². The first-order valence-corrected chi connectivity index (χ1v) is 4.19. The second-order valence-electron chi connectivity index (χ2n) is 2.87. The van der Waals surface area contributed by atoms with E-state index in [2.05, 4.69) is 0 Å². The molecule has 0 fully saturated rings. The molecule has 3 heteroatoms. The minimum absolute atomic E-state index is 0.328. The van der Waals surface area contributed by atoms with Crippen LogP contribution < -0.4 is 0 Å². The molecule has 0 aliphatic heterocycles. The van der Waals surface area contributed by atoms with Gasteiger partial charge in [0.05, 0.1) is 13.2 Å². The third-order valence-corrected chi connectivity index (χ3v) is 1.85. The van der Waals surface area contributed by atoms with Crippen molar-refractivity contribution < 1.29 is 14.9 Å². The molecule has 0 spiro atoms. The predicted octanol–water partition coefficient (Wildman–Crippen LogP) is 0.822. The summed E-state index contributed by atoms with van der Waals surface area (Å²) in [5, 5.41) is 17.4. The summed E-state index contributed by atoms with van der Waals surface area (Å²) in [6.07, 6.45) is -1.08. The van der Waals surface area contributed by atoms with Gasteiger partial charge in [-0.3, -0.25) is 0 Å². The van der Waals surface area contributed by atoms with E-state index in [0.29, 0.717) is 6.61 Å². The fourth-order valence-electron chi connectivity index (χ4n) is 1.01. The number of hydrogen-bond donors (Lipinski definition) is 2. The Kier molecular flexibility index (Phi) is 3.89. The van der Waals surface area contributed by atoms with Gasteiger partial charge in [-0.1, -0.05) is 24.3 Å². The first kappa shape index (κ1) is 10.2. The van der Waals surface area contributed by atoms with Crippen molar-refractivity contribution in [1.82, 2.24) is 0 Å². The average Bonchev–Trinajstić information content (AvgIpc) is 2.16. The molecular formula is C10H14O3. The van der Waals surface area contributed by atoms with E-state index in [-0.39, 0.29) is 6.61 Å². The summed E-state index contributed by atoms with van der Waals surface area (Å²) in [7, 11) is 0. The Balaban J connectivity index is 2.50. The zero-order valence-corrected chi connectivity index (χ0v) is 7.60. The van der Waals surface area contributed by atoms with Crippen molar-refractivity contribution in [2.75, 3.05) is 6.61 Å². The Hall–Kier alpha value is -0.900. The van der Waals surface area contributed by atoms with E-state index in [0.717, 1.165) is 11.1 Å². The molecule has 0 radical (unpaired) electrons. The summed E-state index contributed by atoms with van der Waals surface area (Å²) in [6, 6.07) is 7.77. The number of aliphatic hydroxyl groups excluding tert-OH is 2. The SMILES string of the molecule is Cc1ccccc1COC(O)CO. The third-order valence-electron chi connectivity index (χ3n) is 1.85. The number of rotatable bonds is 4. The molecule has 13 heavy (non-hydrogen) atoms. The van der Waals surface area contributed by atoms with Crippen LogP contribution in [0, 0.1) is 6.92 Å². The van der Waals surface area contributed by atoms with Crippen LogP contribution >= 0.6 is 0 Å². The lowest BCUT2D eigenvalue weighted by molar-refractivity contribution is -0.132. The number of ether oxygens (including phenoxy) is 1. The molecular weight excluding hydrogens is 168 g/mol. The van der Waals surface area contributed by atoms with Gasteiger partial charge in [0, 0.05) is 0 Å². The van der Waals surface area contributed by atoms with Crippen LogP contribution in [0.1, 0.15) is 11.1 Å². The summed E-state index contributed by atoms with van der Waals surface area (Å²) in [5.41, 5.74) is 2.14. The predicted molar refractivity (Wildman–Crippen MR) is 49.1 cm³/mol. The summed E-state index contributed by atoms with van der Waals surface area (Å²) < 4.78 is 4.96. The Labute approximate surface area is 77.6 Å². The van der Waals surface area contributed by atoms with Gasteiger partial charge in [-0.2, -0.15) is 0 Å². The number of aliphatic hydroxyl groups is 2. The first-order valence-electron chi connectivity index (χ1n) is 4.19. The van der Waals surface area contributed by atoms with Crippen LogP contribution in [-0.2, 0) is 11.3 Å². The summed E-state index contributed by atoms with van der Waals surface area (Å²) >= 11 is 0. The fourth-order valence-corrected chi connectivity index (χ4v) is 1.01. The highest BCUT2D eigenvalue weighted by Crippen LogP contribution is 2.08. The molecule has 72 valence electrons. The Morgan fingerprint density at radius 3 is 2.69 bits per heavy atom. The highest BCUT2D eigenvalue weighted by molar-refractivity contribution is 5.24. The summed E-state index contributed by atoms with van der Waals surface area (Å²) in [4.78, 5) is 0. The minimum atomic E-state index is -1.08. The van der Waals surface area contributed by atoms with Crippen molar-refractivity contribution in [2.24, 2.45) is 0 Å². The summed E-state index contributed by atoms with van der Waals surface area (Å²) in [6.45, 7) is 1.93. The van der Waals surface area contributed by atoms with Crippen LogP contribution in [0.2, 0.25) is 0 Å². The fraction of sp³-hybridized carbons (Fsp3) is 0.400. The molecule has 3 nitrogen and oxygen atoms in total. The van der Waals surface area contributed by atoms with Crippen molar-refractivity contribution in [2.45, 2.75) is 19.8 Å². The van der Waals surface area contributed by atoms with Crippen LogP contribution in [0.4, 0.5) is 0 Å². The molecule has 0 aliphatic rings. The van der Waals surface area contributed by atoms with E-state index in [9.17, 15) is 0 Å². The molecule has 0 saturated heterocycles. The molecule has 0 aromatic heterocycles. The van der Waals surface area contributed by atoms with Crippen LogP contribution in [0.25, 0.3) is 0 Å².